The number of hydroxylamine groups is 1. The predicted octanol–water partition coefficient (Wildman–Crippen LogP) is -4.07. The number of carbonyl (C=O) groups excluding carboxylic acids is 1. The molecule has 0 aromatic heterocycles. The van der Waals surface area contributed by atoms with Gasteiger partial charge in [-0.05, 0) is 0 Å². The molecule has 0 aromatic carbocycles. The number of carbonyl (C=O) groups is 1. The number of aliphatic hydroxyl groups excluding tert-OH is 5. The van der Waals surface area contributed by atoms with Crippen LogP contribution >= 0.6 is 0 Å². The van der Waals surface area contributed by atoms with E-state index >= 15 is 0 Å². The summed E-state index contributed by atoms with van der Waals surface area (Å²) in [6, 6.07) is 0. The monoisotopic (exact) mass is 211 g/mol. The van der Waals surface area contributed by atoms with Crippen molar-refractivity contribution in [2.45, 2.75) is 24.4 Å². The molecule has 0 saturated heterocycles. The van der Waals surface area contributed by atoms with Crippen molar-refractivity contribution in [1.82, 2.24) is 5.48 Å². The summed E-state index contributed by atoms with van der Waals surface area (Å²) in [5.41, 5.74) is 1.05. The zero-order valence-corrected chi connectivity index (χ0v) is 7.11. The molecule has 1 amide bonds. The Morgan fingerprint density at radius 3 is 2.00 bits per heavy atom. The summed E-state index contributed by atoms with van der Waals surface area (Å²) < 4.78 is 0. The third kappa shape index (κ3) is 3.18. The molecular formula is C6H13NO7. The summed E-state index contributed by atoms with van der Waals surface area (Å²) in [5, 5.41) is 52.3. The van der Waals surface area contributed by atoms with Gasteiger partial charge in [0.15, 0.2) is 6.10 Å². The lowest BCUT2D eigenvalue weighted by Crippen LogP contribution is -2.51. The predicted molar refractivity (Wildman–Crippen MR) is 41.0 cm³/mol. The number of rotatable bonds is 5. The highest BCUT2D eigenvalue weighted by atomic mass is 16.5. The van der Waals surface area contributed by atoms with Crippen LogP contribution in [0.4, 0.5) is 0 Å². The minimum Gasteiger partial charge on any atom is -0.394 e. The number of amides is 1. The lowest BCUT2D eigenvalue weighted by molar-refractivity contribution is -0.156. The first-order valence-corrected chi connectivity index (χ1v) is 3.72. The molecule has 14 heavy (non-hydrogen) atoms. The highest BCUT2D eigenvalue weighted by Crippen LogP contribution is 2.04. The van der Waals surface area contributed by atoms with E-state index in [2.05, 4.69) is 0 Å². The third-order valence-corrected chi connectivity index (χ3v) is 1.63. The molecule has 0 aliphatic rings. The molecular weight excluding hydrogens is 198 g/mol. The normalized spacial score (nSPS) is 19.6. The first-order valence-electron chi connectivity index (χ1n) is 3.72. The van der Waals surface area contributed by atoms with Crippen molar-refractivity contribution in [1.29, 1.82) is 0 Å². The van der Waals surface area contributed by atoms with E-state index in [1.54, 1.807) is 0 Å². The maximum atomic E-state index is 10.5. The Kier molecular flexibility index (Phi) is 5.53. The largest absolute Gasteiger partial charge is 0.394 e. The highest BCUT2D eigenvalue weighted by molar-refractivity contribution is 5.79. The van der Waals surface area contributed by atoms with Gasteiger partial charge in [0.1, 0.15) is 18.3 Å². The number of nitrogens with one attached hydrogen (secondary N) is 1. The van der Waals surface area contributed by atoms with Gasteiger partial charge in [-0.3, -0.25) is 10.0 Å². The van der Waals surface area contributed by atoms with E-state index in [9.17, 15) is 4.79 Å². The maximum Gasteiger partial charge on any atom is 0.274 e. The van der Waals surface area contributed by atoms with Crippen LogP contribution in [0.1, 0.15) is 0 Å². The van der Waals surface area contributed by atoms with Crippen LogP contribution < -0.4 is 5.48 Å². The fraction of sp³-hybridized carbons (Fsp3) is 0.833. The minimum absolute atomic E-state index is 0.842. The van der Waals surface area contributed by atoms with Crippen LogP contribution in [0, 0.1) is 0 Å². The smallest absolute Gasteiger partial charge is 0.274 e. The standard InChI is InChI=1S/C6H13NO7/c8-1-2(9)3(10)4(11)5(12)6(13)7-14/h2-5,8-12,14H,1H2,(H,7,13)/t2-,3-,4-,5-/m0/s1. The van der Waals surface area contributed by atoms with Crippen LogP contribution in [0.2, 0.25) is 0 Å². The molecule has 0 unspecified atom stereocenters. The Bertz CT molecular complexity index is 187. The van der Waals surface area contributed by atoms with Crippen molar-refractivity contribution >= 4 is 5.91 Å². The van der Waals surface area contributed by atoms with Crippen LogP contribution in [0.3, 0.4) is 0 Å². The Morgan fingerprint density at radius 2 is 1.64 bits per heavy atom. The van der Waals surface area contributed by atoms with Crippen molar-refractivity contribution in [2.24, 2.45) is 0 Å². The Hall–Kier alpha value is -0.770. The van der Waals surface area contributed by atoms with Crippen molar-refractivity contribution in [3.05, 3.63) is 0 Å². The van der Waals surface area contributed by atoms with Gasteiger partial charge in [-0.2, -0.15) is 0 Å². The van der Waals surface area contributed by atoms with Gasteiger partial charge in [0, 0.05) is 0 Å². The summed E-state index contributed by atoms with van der Waals surface area (Å²) in [6.45, 7) is -0.842. The van der Waals surface area contributed by atoms with E-state index in [1.807, 2.05) is 0 Å². The third-order valence-electron chi connectivity index (χ3n) is 1.63. The molecule has 0 rings (SSSR count). The summed E-state index contributed by atoms with van der Waals surface area (Å²) in [5.74, 6) is -1.33. The fourth-order valence-electron chi connectivity index (χ4n) is 0.744. The summed E-state index contributed by atoms with van der Waals surface area (Å²) in [6.07, 6.45) is -7.70. The number of aliphatic hydroxyl groups is 5. The van der Waals surface area contributed by atoms with Gasteiger partial charge >= 0.3 is 0 Å². The van der Waals surface area contributed by atoms with Gasteiger partial charge in [-0.25, -0.2) is 5.48 Å². The second-order valence-corrected chi connectivity index (χ2v) is 2.65. The second kappa shape index (κ2) is 5.86. The molecule has 0 heterocycles. The van der Waals surface area contributed by atoms with Crippen molar-refractivity contribution < 1.29 is 35.5 Å². The molecule has 7 N–H and O–H groups in total. The van der Waals surface area contributed by atoms with E-state index in [-0.39, 0.29) is 0 Å². The zero-order chi connectivity index (χ0) is 11.3. The van der Waals surface area contributed by atoms with Crippen LogP contribution in [0.25, 0.3) is 0 Å². The van der Waals surface area contributed by atoms with Crippen molar-refractivity contribution in [3.8, 4) is 0 Å². The van der Waals surface area contributed by atoms with Crippen LogP contribution in [0.5, 0.6) is 0 Å². The summed E-state index contributed by atoms with van der Waals surface area (Å²) in [4.78, 5) is 10.5. The lowest BCUT2D eigenvalue weighted by Gasteiger charge is -2.24. The quantitative estimate of drug-likeness (QED) is 0.180. The van der Waals surface area contributed by atoms with E-state index in [0.717, 1.165) is 5.48 Å². The molecule has 8 nitrogen and oxygen atoms in total. The average Bonchev–Trinajstić information content (AvgIpc) is 2.23. The van der Waals surface area contributed by atoms with Gasteiger partial charge < -0.3 is 25.5 Å². The Balaban J connectivity index is 4.30. The van der Waals surface area contributed by atoms with E-state index in [1.165, 1.54) is 0 Å². The topological polar surface area (TPSA) is 150 Å². The molecule has 84 valence electrons. The summed E-state index contributed by atoms with van der Waals surface area (Å²) >= 11 is 0. The molecule has 0 aromatic rings. The van der Waals surface area contributed by atoms with Gasteiger partial charge in [0.25, 0.3) is 5.91 Å². The number of hydrogen-bond donors (Lipinski definition) is 7. The lowest BCUT2D eigenvalue weighted by atomic mass is 10.0. The highest BCUT2D eigenvalue weighted by Gasteiger charge is 2.33. The molecule has 0 saturated carbocycles. The molecule has 0 fully saturated rings. The molecule has 0 aliphatic heterocycles. The second-order valence-electron chi connectivity index (χ2n) is 2.65. The van der Waals surface area contributed by atoms with Gasteiger partial charge in [0.2, 0.25) is 0 Å². The van der Waals surface area contributed by atoms with Crippen molar-refractivity contribution in [3.63, 3.8) is 0 Å². The van der Waals surface area contributed by atoms with Gasteiger partial charge in [-0.1, -0.05) is 0 Å². The van der Waals surface area contributed by atoms with E-state index in [0.29, 0.717) is 0 Å². The Labute approximate surface area is 79.0 Å². The molecule has 0 spiro atoms. The number of hydrogen-bond acceptors (Lipinski definition) is 7. The molecule has 0 aliphatic carbocycles. The van der Waals surface area contributed by atoms with Gasteiger partial charge in [0.05, 0.1) is 6.61 Å². The first-order chi connectivity index (χ1) is 6.45. The van der Waals surface area contributed by atoms with Crippen LogP contribution in [-0.2, 0) is 4.79 Å². The fourth-order valence-corrected chi connectivity index (χ4v) is 0.744. The Morgan fingerprint density at radius 1 is 1.14 bits per heavy atom. The van der Waals surface area contributed by atoms with E-state index < -0.39 is 36.9 Å². The average molecular weight is 211 g/mol. The van der Waals surface area contributed by atoms with Crippen LogP contribution in [-0.4, -0.2) is 67.7 Å². The van der Waals surface area contributed by atoms with Gasteiger partial charge in [-0.15, -0.1) is 0 Å². The van der Waals surface area contributed by atoms with Crippen molar-refractivity contribution in [2.75, 3.05) is 6.61 Å². The molecule has 0 bridgehead atoms. The molecule has 8 heteroatoms. The zero-order valence-electron chi connectivity index (χ0n) is 7.11. The first kappa shape index (κ1) is 13.2. The minimum atomic E-state index is -2.10. The molecule has 0 radical (unpaired) electrons. The van der Waals surface area contributed by atoms with E-state index in [4.69, 9.17) is 30.7 Å². The maximum absolute atomic E-state index is 10.5. The summed E-state index contributed by atoms with van der Waals surface area (Å²) in [7, 11) is 0. The molecule has 4 atom stereocenters. The van der Waals surface area contributed by atoms with Crippen LogP contribution in [0.15, 0.2) is 0 Å². The SMILES string of the molecule is O=C(NO)[C@@H](O)[C@@H](O)[C@@H](O)[C@@H](O)CO.